The van der Waals surface area contributed by atoms with Crippen molar-refractivity contribution in [3.05, 3.63) is 53.9 Å². The number of benzene rings is 2. The van der Waals surface area contributed by atoms with Crippen LogP contribution in [0.4, 0.5) is 0 Å². The molecule has 31 heavy (non-hydrogen) atoms. The van der Waals surface area contributed by atoms with Gasteiger partial charge >= 0.3 is 0 Å². The molecule has 0 atom stereocenters. The second-order valence-corrected chi connectivity index (χ2v) is 7.41. The Labute approximate surface area is 181 Å². The molecule has 1 saturated heterocycles. The first-order chi connectivity index (χ1) is 15.1. The number of nitrogens with zero attached hydrogens (tertiary/aromatic N) is 2. The molecule has 7 heteroatoms. The molecule has 0 aliphatic carbocycles. The zero-order valence-electron chi connectivity index (χ0n) is 18.0. The average molecular weight is 422 g/mol. The van der Waals surface area contributed by atoms with E-state index in [1.54, 1.807) is 33.5 Å². The lowest BCUT2D eigenvalue weighted by Crippen LogP contribution is -2.36. The summed E-state index contributed by atoms with van der Waals surface area (Å²) in [6, 6.07) is 11.4. The molecule has 0 bridgehead atoms. The summed E-state index contributed by atoms with van der Waals surface area (Å²) in [4.78, 5) is 19.2. The van der Waals surface area contributed by atoms with Crippen LogP contribution in [-0.4, -0.2) is 50.2 Å². The van der Waals surface area contributed by atoms with Gasteiger partial charge in [0.15, 0.2) is 23.0 Å². The molecule has 1 amide bonds. The minimum Gasteiger partial charge on any atom is -0.493 e. The quantitative estimate of drug-likeness (QED) is 0.552. The summed E-state index contributed by atoms with van der Waals surface area (Å²) < 4.78 is 22.0. The fourth-order valence-corrected chi connectivity index (χ4v) is 3.88. The van der Waals surface area contributed by atoms with Gasteiger partial charge in [-0.1, -0.05) is 12.1 Å². The van der Waals surface area contributed by atoms with E-state index in [1.165, 1.54) is 0 Å². The first kappa shape index (κ1) is 20.8. The van der Waals surface area contributed by atoms with Gasteiger partial charge in [-0.2, -0.15) is 0 Å². The van der Waals surface area contributed by atoms with Gasteiger partial charge < -0.3 is 23.5 Å². The minimum atomic E-state index is -0.0234. The number of piperidine rings is 1. The first-order valence-electron chi connectivity index (χ1n) is 10.3. The maximum absolute atomic E-state index is 12.7. The van der Waals surface area contributed by atoms with E-state index in [2.05, 4.69) is 4.98 Å². The molecule has 162 valence electrons. The van der Waals surface area contributed by atoms with Crippen molar-refractivity contribution in [2.75, 3.05) is 34.4 Å². The van der Waals surface area contributed by atoms with Gasteiger partial charge in [-0.3, -0.25) is 4.79 Å². The molecule has 0 radical (unpaired) electrons. The molecule has 1 aromatic heterocycles. The Balaban J connectivity index is 1.40. The molecule has 1 fully saturated rings. The van der Waals surface area contributed by atoms with E-state index in [4.69, 9.17) is 18.6 Å². The van der Waals surface area contributed by atoms with Crippen LogP contribution in [0, 0.1) is 0 Å². The van der Waals surface area contributed by atoms with E-state index in [0.717, 1.165) is 35.4 Å². The maximum Gasteiger partial charge on any atom is 0.246 e. The van der Waals surface area contributed by atoms with Crippen molar-refractivity contribution >= 4 is 23.1 Å². The molecule has 2 aromatic carbocycles. The number of fused-ring (bicyclic) bond motifs is 1. The number of hydrogen-bond donors (Lipinski definition) is 0. The van der Waals surface area contributed by atoms with E-state index >= 15 is 0 Å². The van der Waals surface area contributed by atoms with Gasteiger partial charge in [0.1, 0.15) is 5.52 Å². The SMILES string of the molecule is COc1cc(/C=C/C(=O)N2CCC(c3nc4ccccc4o3)CC2)cc(OC)c1OC. The molecule has 0 N–H and O–H groups in total. The summed E-state index contributed by atoms with van der Waals surface area (Å²) in [7, 11) is 4.69. The largest absolute Gasteiger partial charge is 0.493 e. The van der Waals surface area contributed by atoms with Crippen molar-refractivity contribution in [1.29, 1.82) is 0 Å². The Morgan fingerprint density at radius 3 is 2.35 bits per heavy atom. The fourth-order valence-electron chi connectivity index (χ4n) is 3.88. The summed E-state index contributed by atoms with van der Waals surface area (Å²) in [5, 5.41) is 0. The zero-order valence-corrected chi connectivity index (χ0v) is 18.0. The number of carbonyl (C=O) groups is 1. The van der Waals surface area contributed by atoms with E-state index in [0.29, 0.717) is 30.3 Å². The number of methoxy groups -OCH3 is 3. The Morgan fingerprint density at radius 1 is 1.06 bits per heavy atom. The third kappa shape index (κ3) is 4.35. The van der Waals surface area contributed by atoms with Crippen molar-refractivity contribution in [3.63, 3.8) is 0 Å². The number of rotatable bonds is 6. The van der Waals surface area contributed by atoms with Crippen molar-refractivity contribution in [2.24, 2.45) is 0 Å². The van der Waals surface area contributed by atoms with E-state index in [-0.39, 0.29) is 11.8 Å². The van der Waals surface area contributed by atoms with Crippen LogP contribution in [0.3, 0.4) is 0 Å². The normalized spacial score (nSPS) is 14.9. The van der Waals surface area contributed by atoms with Gasteiger partial charge in [0, 0.05) is 25.1 Å². The van der Waals surface area contributed by atoms with Gasteiger partial charge in [0.25, 0.3) is 0 Å². The molecule has 2 heterocycles. The number of aromatic nitrogens is 1. The van der Waals surface area contributed by atoms with Crippen LogP contribution in [0.5, 0.6) is 17.2 Å². The number of amides is 1. The lowest BCUT2D eigenvalue weighted by atomic mass is 9.96. The smallest absolute Gasteiger partial charge is 0.246 e. The minimum absolute atomic E-state index is 0.0234. The Hall–Kier alpha value is -3.48. The molecule has 7 nitrogen and oxygen atoms in total. The Kier molecular flexibility index (Phi) is 6.11. The van der Waals surface area contributed by atoms with E-state index in [9.17, 15) is 4.79 Å². The molecule has 1 aliphatic heterocycles. The predicted molar refractivity (Wildman–Crippen MR) is 118 cm³/mol. The number of oxazole rings is 1. The molecule has 3 aromatic rings. The molecule has 1 aliphatic rings. The number of para-hydroxylation sites is 2. The van der Waals surface area contributed by atoms with Crippen molar-refractivity contribution in [2.45, 2.75) is 18.8 Å². The monoisotopic (exact) mass is 422 g/mol. The van der Waals surface area contributed by atoms with Crippen molar-refractivity contribution < 1.29 is 23.4 Å². The van der Waals surface area contributed by atoms with Crippen LogP contribution >= 0.6 is 0 Å². The van der Waals surface area contributed by atoms with Crippen LogP contribution in [-0.2, 0) is 4.79 Å². The van der Waals surface area contributed by atoms with Crippen molar-refractivity contribution in [3.8, 4) is 17.2 Å². The highest BCUT2D eigenvalue weighted by Crippen LogP contribution is 2.38. The third-order valence-corrected chi connectivity index (χ3v) is 5.57. The van der Waals surface area contributed by atoms with Gasteiger partial charge in [-0.05, 0) is 48.7 Å². The van der Waals surface area contributed by atoms with Crippen LogP contribution in [0.2, 0.25) is 0 Å². The first-order valence-corrected chi connectivity index (χ1v) is 10.3. The highest BCUT2D eigenvalue weighted by Gasteiger charge is 2.26. The predicted octanol–water partition coefficient (Wildman–Crippen LogP) is 4.27. The standard InChI is InChI=1S/C24H26N2O5/c1-28-20-14-16(15-21(29-2)23(20)30-3)8-9-22(27)26-12-10-17(11-13-26)24-25-18-6-4-5-7-19(18)31-24/h4-9,14-15,17H,10-13H2,1-3H3/b9-8+. The maximum atomic E-state index is 12.7. The van der Waals surface area contributed by atoms with Gasteiger partial charge in [-0.25, -0.2) is 4.98 Å². The summed E-state index contributed by atoms with van der Waals surface area (Å²) in [5.41, 5.74) is 2.48. The zero-order chi connectivity index (χ0) is 21.8. The summed E-state index contributed by atoms with van der Waals surface area (Å²) in [6.45, 7) is 1.34. The molecule has 4 rings (SSSR count). The third-order valence-electron chi connectivity index (χ3n) is 5.57. The van der Waals surface area contributed by atoms with Crippen molar-refractivity contribution in [1.82, 2.24) is 9.88 Å². The highest BCUT2D eigenvalue weighted by atomic mass is 16.5. The number of hydrogen-bond acceptors (Lipinski definition) is 6. The molecule has 0 saturated carbocycles. The second-order valence-electron chi connectivity index (χ2n) is 7.41. The summed E-state index contributed by atoms with van der Waals surface area (Å²) in [5.74, 6) is 2.59. The van der Waals surface area contributed by atoms with Crippen LogP contribution in [0.15, 0.2) is 46.9 Å². The highest BCUT2D eigenvalue weighted by molar-refractivity contribution is 5.92. The number of carbonyl (C=O) groups excluding carboxylic acids is 1. The molecular weight excluding hydrogens is 396 g/mol. The molecular formula is C24H26N2O5. The average Bonchev–Trinajstić information content (AvgIpc) is 3.26. The van der Waals surface area contributed by atoms with Gasteiger partial charge in [-0.15, -0.1) is 0 Å². The van der Waals surface area contributed by atoms with Crippen LogP contribution < -0.4 is 14.2 Å². The summed E-state index contributed by atoms with van der Waals surface area (Å²) in [6.07, 6.45) is 5.01. The number of likely N-dealkylation sites (tertiary alicyclic amines) is 1. The lowest BCUT2D eigenvalue weighted by molar-refractivity contribution is -0.127. The van der Waals surface area contributed by atoms with E-state index in [1.807, 2.05) is 41.3 Å². The number of ether oxygens (including phenoxy) is 3. The van der Waals surface area contributed by atoms with Crippen LogP contribution in [0.25, 0.3) is 17.2 Å². The Morgan fingerprint density at radius 2 is 1.74 bits per heavy atom. The summed E-state index contributed by atoms with van der Waals surface area (Å²) >= 11 is 0. The Bertz CT molecular complexity index is 1040. The van der Waals surface area contributed by atoms with Gasteiger partial charge in [0.05, 0.1) is 21.3 Å². The topological polar surface area (TPSA) is 74.0 Å². The lowest BCUT2D eigenvalue weighted by Gasteiger charge is -2.29. The van der Waals surface area contributed by atoms with Gasteiger partial charge in [0.2, 0.25) is 11.7 Å². The fraction of sp³-hybridized carbons (Fsp3) is 0.333. The molecule has 0 unspecified atom stereocenters. The van der Waals surface area contributed by atoms with Crippen LogP contribution in [0.1, 0.15) is 30.2 Å². The second kappa shape index (κ2) is 9.12. The van der Waals surface area contributed by atoms with E-state index < -0.39 is 0 Å². The molecule has 0 spiro atoms.